The summed E-state index contributed by atoms with van der Waals surface area (Å²) >= 11 is 0. The lowest BCUT2D eigenvalue weighted by Gasteiger charge is -2.34. The number of aromatic nitrogens is 1. The van der Waals surface area contributed by atoms with Gasteiger partial charge in [0.05, 0.1) is 6.04 Å². The second-order valence-electron chi connectivity index (χ2n) is 7.83. The van der Waals surface area contributed by atoms with Crippen LogP contribution >= 0.6 is 0 Å². The highest BCUT2D eigenvalue weighted by Gasteiger charge is 2.35. The molecule has 2 aliphatic heterocycles. The molecule has 0 radical (unpaired) electrons. The van der Waals surface area contributed by atoms with Crippen LogP contribution in [0.5, 0.6) is 0 Å². The number of benzene rings is 2. The van der Waals surface area contributed by atoms with Crippen molar-refractivity contribution in [3.63, 3.8) is 0 Å². The predicted octanol–water partition coefficient (Wildman–Crippen LogP) is 4.41. The van der Waals surface area contributed by atoms with E-state index in [-0.39, 0.29) is 12.0 Å². The van der Waals surface area contributed by atoms with Crippen LogP contribution in [0, 0.1) is 5.92 Å². The Bertz CT molecular complexity index is 927. The Morgan fingerprint density at radius 1 is 0.929 bits per heavy atom. The summed E-state index contributed by atoms with van der Waals surface area (Å²) in [7, 11) is 0. The van der Waals surface area contributed by atoms with Crippen LogP contribution in [-0.4, -0.2) is 35.4 Å². The standard InChI is InChI=1S/C23H25N3O2/c27-22(26-14-6-10-20(26)17-7-2-1-3-8-17)18-12-15-25(16-13-18)23-24-19-9-4-5-11-21(19)28-23/h1-5,7-9,11,18,20H,6,10,12-16H2. The van der Waals surface area contributed by atoms with Crippen molar-refractivity contribution in [1.82, 2.24) is 9.88 Å². The second-order valence-corrected chi connectivity index (χ2v) is 7.83. The summed E-state index contributed by atoms with van der Waals surface area (Å²) in [5.74, 6) is 0.425. The molecule has 5 heteroatoms. The number of piperidine rings is 1. The summed E-state index contributed by atoms with van der Waals surface area (Å²) in [5.41, 5.74) is 2.97. The van der Waals surface area contributed by atoms with Gasteiger partial charge in [-0.2, -0.15) is 4.98 Å². The van der Waals surface area contributed by atoms with Crippen LogP contribution in [0.4, 0.5) is 6.01 Å². The number of rotatable bonds is 3. The van der Waals surface area contributed by atoms with E-state index in [1.165, 1.54) is 5.56 Å². The third-order valence-corrected chi connectivity index (χ3v) is 6.12. The fraction of sp³-hybridized carbons (Fsp3) is 0.391. The Kier molecular flexibility index (Phi) is 4.51. The zero-order valence-electron chi connectivity index (χ0n) is 16.0. The first kappa shape index (κ1) is 17.3. The van der Waals surface area contributed by atoms with E-state index in [4.69, 9.17) is 4.42 Å². The summed E-state index contributed by atoms with van der Waals surface area (Å²) in [6.45, 7) is 2.50. The van der Waals surface area contributed by atoms with Gasteiger partial charge in [0.25, 0.3) is 6.01 Å². The van der Waals surface area contributed by atoms with E-state index in [2.05, 4.69) is 39.0 Å². The zero-order valence-corrected chi connectivity index (χ0v) is 16.0. The first-order valence-electron chi connectivity index (χ1n) is 10.3. The lowest BCUT2D eigenvalue weighted by Crippen LogP contribution is -2.42. The predicted molar refractivity (Wildman–Crippen MR) is 109 cm³/mol. The largest absolute Gasteiger partial charge is 0.423 e. The van der Waals surface area contributed by atoms with Gasteiger partial charge in [0.1, 0.15) is 5.52 Å². The maximum Gasteiger partial charge on any atom is 0.298 e. The van der Waals surface area contributed by atoms with Crippen molar-refractivity contribution in [2.24, 2.45) is 5.92 Å². The normalized spacial score (nSPS) is 20.8. The molecule has 144 valence electrons. The Labute approximate surface area is 165 Å². The molecule has 2 aliphatic rings. The van der Waals surface area contributed by atoms with Crippen molar-refractivity contribution < 1.29 is 9.21 Å². The first-order valence-corrected chi connectivity index (χ1v) is 10.3. The van der Waals surface area contributed by atoms with Gasteiger partial charge >= 0.3 is 0 Å². The molecule has 1 aromatic heterocycles. The van der Waals surface area contributed by atoms with E-state index in [1.807, 2.05) is 30.3 Å². The van der Waals surface area contributed by atoms with Crippen molar-refractivity contribution in [3.05, 3.63) is 60.2 Å². The van der Waals surface area contributed by atoms with Crippen LogP contribution in [0.25, 0.3) is 11.1 Å². The summed E-state index contributed by atoms with van der Waals surface area (Å²) in [5, 5.41) is 0. The maximum atomic E-state index is 13.2. The van der Waals surface area contributed by atoms with Gasteiger partial charge in [-0.1, -0.05) is 42.5 Å². The van der Waals surface area contributed by atoms with Gasteiger partial charge in [0, 0.05) is 25.6 Å². The molecule has 0 N–H and O–H groups in total. The molecule has 28 heavy (non-hydrogen) atoms. The highest BCUT2D eigenvalue weighted by molar-refractivity contribution is 5.80. The number of fused-ring (bicyclic) bond motifs is 1. The molecular formula is C23H25N3O2. The average molecular weight is 375 g/mol. The van der Waals surface area contributed by atoms with Crippen LogP contribution in [-0.2, 0) is 4.79 Å². The first-order chi connectivity index (χ1) is 13.8. The van der Waals surface area contributed by atoms with E-state index >= 15 is 0 Å². The smallest absolute Gasteiger partial charge is 0.298 e. The lowest BCUT2D eigenvalue weighted by atomic mass is 9.94. The summed E-state index contributed by atoms with van der Waals surface area (Å²) in [6, 6.07) is 19.2. The SMILES string of the molecule is O=C(C1CCN(c2nc3ccccc3o2)CC1)N1CCCC1c1ccccc1. The van der Waals surface area contributed by atoms with Crippen molar-refractivity contribution in [3.8, 4) is 0 Å². The molecule has 2 saturated heterocycles. The maximum absolute atomic E-state index is 13.2. The van der Waals surface area contributed by atoms with Crippen molar-refractivity contribution in [2.75, 3.05) is 24.5 Å². The molecule has 0 saturated carbocycles. The quantitative estimate of drug-likeness (QED) is 0.680. The Balaban J connectivity index is 1.25. The molecular weight excluding hydrogens is 350 g/mol. The van der Waals surface area contributed by atoms with Gasteiger partial charge in [-0.3, -0.25) is 4.79 Å². The van der Waals surface area contributed by atoms with Gasteiger partial charge in [-0.25, -0.2) is 0 Å². The van der Waals surface area contributed by atoms with Crippen LogP contribution in [0.1, 0.15) is 37.3 Å². The summed E-state index contributed by atoms with van der Waals surface area (Å²) < 4.78 is 5.90. The molecule has 1 amide bonds. The zero-order chi connectivity index (χ0) is 18.9. The number of hydrogen-bond donors (Lipinski definition) is 0. The van der Waals surface area contributed by atoms with E-state index in [1.54, 1.807) is 0 Å². The highest BCUT2D eigenvalue weighted by Crippen LogP contribution is 2.35. The molecule has 1 atom stereocenters. The lowest BCUT2D eigenvalue weighted by molar-refractivity contribution is -0.137. The number of likely N-dealkylation sites (tertiary alicyclic amines) is 1. The third-order valence-electron chi connectivity index (χ3n) is 6.12. The van der Waals surface area contributed by atoms with Gasteiger partial charge in [-0.05, 0) is 43.4 Å². The van der Waals surface area contributed by atoms with Gasteiger partial charge in [0.2, 0.25) is 5.91 Å². The second kappa shape index (κ2) is 7.30. The van der Waals surface area contributed by atoms with Crippen LogP contribution < -0.4 is 4.90 Å². The van der Waals surface area contributed by atoms with E-state index in [0.717, 1.165) is 56.4 Å². The fourth-order valence-corrected chi connectivity index (χ4v) is 4.60. The minimum atomic E-state index is 0.102. The Morgan fingerprint density at radius 3 is 2.46 bits per heavy atom. The monoisotopic (exact) mass is 375 g/mol. The summed E-state index contributed by atoms with van der Waals surface area (Å²) in [4.78, 5) is 22.1. The molecule has 2 fully saturated rings. The topological polar surface area (TPSA) is 49.6 Å². The number of nitrogens with zero attached hydrogens (tertiary/aromatic N) is 3. The van der Waals surface area contributed by atoms with Crippen molar-refractivity contribution >= 4 is 23.0 Å². The molecule has 0 aliphatic carbocycles. The highest BCUT2D eigenvalue weighted by atomic mass is 16.4. The Morgan fingerprint density at radius 2 is 1.68 bits per heavy atom. The fourth-order valence-electron chi connectivity index (χ4n) is 4.60. The minimum absolute atomic E-state index is 0.102. The third kappa shape index (κ3) is 3.15. The van der Waals surface area contributed by atoms with Crippen molar-refractivity contribution in [1.29, 1.82) is 0 Å². The molecule has 3 aromatic rings. The summed E-state index contributed by atoms with van der Waals surface area (Å²) in [6.07, 6.45) is 3.87. The van der Waals surface area contributed by atoms with E-state index < -0.39 is 0 Å². The molecule has 3 heterocycles. The van der Waals surface area contributed by atoms with Gasteiger partial charge < -0.3 is 14.2 Å². The van der Waals surface area contributed by atoms with Gasteiger partial charge in [0.15, 0.2) is 5.58 Å². The number of oxazole rings is 1. The van der Waals surface area contributed by atoms with Crippen LogP contribution in [0.15, 0.2) is 59.0 Å². The number of hydrogen-bond acceptors (Lipinski definition) is 4. The molecule has 5 rings (SSSR count). The van der Waals surface area contributed by atoms with E-state index in [0.29, 0.717) is 11.9 Å². The van der Waals surface area contributed by atoms with Crippen molar-refractivity contribution in [2.45, 2.75) is 31.7 Å². The van der Waals surface area contributed by atoms with Crippen LogP contribution in [0.2, 0.25) is 0 Å². The van der Waals surface area contributed by atoms with Gasteiger partial charge in [-0.15, -0.1) is 0 Å². The number of para-hydroxylation sites is 2. The van der Waals surface area contributed by atoms with E-state index in [9.17, 15) is 4.79 Å². The number of amides is 1. The number of carbonyl (C=O) groups excluding carboxylic acids is 1. The molecule has 5 nitrogen and oxygen atoms in total. The molecule has 1 unspecified atom stereocenters. The molecule has 0 bridgehead atoms. The Hall–Kier alpha value is -2.82. The minimum Gasteiger partial charge on any atom is -0.423 e. The molecule has 2 aromatic carbocycles. The molecule has 0 spiro atoms. The number of anilines is 1. The average Bonchev–Trinajstić information content (AvgIpc) is 3.41. The van der Waals surface area contributed by atoms with Crippen LogP contribution in [0.3, 0.4) is 0 Å². The number of carbonyl (C=O) groups is 1.